The molecule has 1 heterocycles. The smallest absolute Gasteiger partial charge is 0.228 e. The van der Waals surface area contributed by atoms with Crippen LogP contribution in [-0.2, 0) is 16.0 Å². The van der Waals surface area contributed by atoms with Gasteiger partial charge in [0.1, 0.15) is 0 Å². The van der Waals surface area contributed by atoms with Crippen LogP contribution in [0, 0.1) is 0 Å². The average molecular weight is 259 g/mol. The summed E-state index contributed by atoms with van der Waals surface area (Å²) in [4.78, 5) is 23.0. The summed E-state index contributed by atoms with van der Waals surface area (Å²) in [5.74, 6) is 0.0116. The summed E-state index contributed by atoms with van der Waals surface area (Å²) < 4.78 is 0. The Balaban J connectivity index is 1.53. The van der Waals surface area contributed by atoms with Gasteiger partial charge in [0.05, 0.1) is 6.42 Å². The van der Waals surface area contributed by atoms with Gasteiger partial charge in [0, 0.05) is 30.4 Å². The van der Waals surface area contributed by atoms with Gasteiger partial charge in [-0.2, -0.15) is 0 Å². The van der Waals surface area contributed by atoms with Crippen molar-refractivity contribution in [1.82, 2.24) is 5.32 Å². The molecule has 19 heavy (non-hydrogen) atoms. The van der Waals surface area contributed by atoms with E-state index in [1.165, 1.54) is 12.8 Å². The van der Waals surface area contributed by atoms with Crippen molar-refractivity contribution in [3.8, 4) is 0 Å². The number of hydrogen-bond acceptors (Lipinski definition) is 3. The molecule has 1 aliphatic heterocycles. The Kier molecular flexibility index (Phi) is 3.21. The van der Waals surface area contributed by atoms with Crippen LogP contribution in [0.5, 0.6) is 0 Å². The van der Waals surface area contributed by atoms with Crippen LogP contribution >= 0.6 is 0 Å². The fourth-order valence-corrected chi connectivity index (χ4v) is 2.21. The lowest BCUT2D eigenvalue weighted by Gasteiger charge is -2.07. The zero-order chi connectivity index (χ0) is 13.2. The first-order valence-corrected chi connectivity index (χ1v) is 6.67. The molecule has 1 aromatic rings. The molecule has 2 amide bonds. The van der Waals surface area contributed by atoms with E-state index in [-0.39, 0.29) is 11.8 Å². The van der Waals surface area contributed by atoms with E-state index in [2.05, 4.69) is 16.0 Å². The monoisotopic (exact) mass is 259 g/mol. The second-order valence-corrected chi connectivity index (χ2v) is 5.12. The topological polar surface area (TPSA) is 70.2 Å². The summed E-state index contributed by atoms with van der Waals surface area (Å²) in [6, 6.07) is 6.14. The second kappa shape index (κ2) is 5.01. The highest BCUT2D eigenvalue weighted by molar-refractivity contribution is 6.00. The number of benzene rings is 1. The molecule has 5 nitrogen and oxygen atoms in total. The predicted octanol–water partition coefficient (Wildman–Crippen LogP) is 1.26. The van der Waals surface area contributed by atoms with Gasteiger partial charge in [0.15, 0.2) is 0 Å². The largest absolute Gasteiger partial charge is 0.326 e. The number of amides is 2. The maximum absolute atomic E-state index is 11.7. The third kappa shape index (κ3) is 3.12. The molecule has 0 unspecified atom stereocenters. The molecule has 0 saturated heterocycles. The van der Waals surface area contributed by atoms with Gasteiger partial charge in [-0.05, 0) is 36.6 Å². The van der Waals surface area contributed by atoms with Gasteiger partial charge in [-0.15, -0.1) is 0 Å². The van der Waals surface area contributed by atoms with Gasteiger partial charge >= 0.3 is 0 Å². The van der Waals surface area contributed by atoms with E-state index in [1.807, 2.05) is 18.2 Å². The van der Waals surface area contributed by atoms with E-state index < -0.39 is 0 Å². The molecule has 2 aliphatic rings. The van der Waals surface area contributed by atoms with E-state index in [0.717, 1.165) is 23.5 Å². The van der Waals surface area contributed by atoms with Crippen molar-refractivity contribution in [1.29, 1.82) is 0 Å². The van der Waals surface area contributed by atoms with Crippen LogP contribution in [0.1, 0.15) is 24.8 Å². The van der Waals surface area contributed by atoms with Gasteiger partial charge in [0.25, 0.3) is 0 Å². The number of anilines is 2. The molecule has 0 atom stereocenters. The minimum atomic E-state index is 0.00498. The summed E-state index contributed by atoms with van der Waals surface area (Å²) in [5, 5.41) is 8.94. The molecule has 0 bridgehead atoms. The van der Waals surface area contributed by atoms with E-state index >= 15 is 0 Å². The Morgan fingerprint density at radius 1 is 1.37 bits per heavy atom. The van der Waals surface area contributed by atoms with E-state index in [0.29, 0.717) is 18.9 Å². The molecular formula is C14H17N3O2. The highest BCUT2D eigenvalue weighted by atomic mass is 16.2. The van der Waals surface area contributed by atoms with Gasteiger partial charge in [-0.3, -0.25) is 9.59 Å². The van der Waals surface area contributed by atoms with Crippen molar-refractivity contribution in [2.75, 3.05) is 17.2 Å². The first-order chi connectivity index (χ1) is 9.20. The highest BCUT2D eigenvalue weighted by Gasteiger charge is 2.20. The fraction of sp³-hybridized carbons (Fsp3) is 0.429. The molecule has 0 radical (unpaired) electrons. The van der Waals surface area contributed by atoms with Crippen LogP contribution in [0.15, 0.2) is 18.2 Å². The average Bonchev–Trinajstić information content (AvgIpc) is 3.09. The summed E-state index contributed by atoms with van der Waals surface area (Å²) >= 11 is 0. The normalized spacial score (nSPS) is 16.9. The van der Waals surface area contributed by atoms with Crippen molar-refractivity contribution in [2.45, 2.75) is 31.7 Å². The number of hydrogen-bond donors (Lipinski definition) is 3. The number of carbonyl (C=O) groups excluding carboxylic acids is 2. The van der Waals surface area contributed by atoms with Gasteiger partial charge in [0.2, 0.25) is 11.8 Å². The van der Waals surface area contributed by atoms with Crippen molar-refractivity contribution in [3.63, 3.8) is 0 Å². The standard InChI is InChI=1S/C14H17N3O2/c18-13(5-6-15-10-1-2-10)16-11-3-4-12-9(7-11)8-14(19)17-12/h3-4,7,10,15H,1-2,5-6,8H2,(H,16,18)(H,17,19). The summed E-state index contributed by atoms with van der Waals surface area (Å²) in [6.45, 7) is 0.724. The fourth-order valence-electron chi connectivity index (χ4n) is 2.21. The van der Waals surface area contributed by atoms with Crippen LogP contribution in [0.3, 0.4) is 0 Å². The lowest BCUT2D eigenvalue weighted by Crippen LogP contribution is -2.23. The van der Waals surface area contributed by atoms with E-state index in [1.54, 1.807) is 0 Å². The minimum Gasteiger partial charge on any atom is -0.326 e. The molecule has 1 saturated carbocycles. The molecule has 1 aromatic carbocycles. The molecule has 0 spiro atoms. The Morgan fingerprint density at radius 2 is 2.21 bits per heavy atom. The molecule has 0 aromatic heterocycles. The van der Waals surface area contributed by atoms with Crippen LogP contribution in [0.25, 0.3) is 0 Å². The van der Waals surface area contributed by atoms with Crippen LogP contribution < -0.4 is 16.0 Å². The molecule has 1 fully saturated rings. The van der Waals surface area contributed by atoms with Crippen molar-refractivity contribution >= 4 is 23.2 Å². The summed E-state index contributed by atoms with van der Waals surface area (Å²) in [5.41, 5.74) is 2.55. The molecule has 3 rings (SSSR count). The van der Waals surface area contributed by atoms with Crippen LogP contribution in [0.2, 0.25) is 0 Å². The number of fused-ring (bicyclic) bond motifs is 1. The Bertz CT molecular complexity index is 523. The number of rotatable bonds is 5. The molecule has 100 valence electrons. The van der Waals surface area contributed by atoms with Crippen molar-refractivity contribution < 1.29 is 9.59 Å². The highest BCUT2D eigenvalue weighted by Crippen LogP contribution is 2.26. The number of carbonyl (C=O) groups is 2. The third-order valence-electron chi connectivity index (χ3n) is 3.38. The minimum absolute atomic E-state index is 0.00498. The summed E-state index contributed by atoms with van der Waals surface area (Å²) in [6.07, 6.45) is 3.33. The molecular weight excluding hydrogens is 242 g/mol. The van der Waals surface area contributed by atoms with Crippen molar-refractivity contribution in [2.24, 2.45) is 0 Å². The second-order valence-electron chi connectivity index (χ2n) is 5.12. The Morgan fingerprint density at radius 3 is 3.00 bits per heavy atom. The Labute approximate surface area is 111 Å². The summed E-state index contributed by atoms with van der Waals surface area (Å²) in [7, 11) is 0. The van der Waals surface area contributed by atoms with Crippen LogP contribution in [-0.4, -0.2) is 24.4 Å². The zero-order valence-corrected chi connectivity index (χ0v) is 10.7. The predicted molar refractivity (Wildman–Crippen MR) is 73.0 cm³/mol. The quantitative estimate of drug-likeness (QED) is 0.745. The van der Waals surface area contributed by atoms with Crippen molar-refractivity contribution in [3.05, 3.63) is 23.8 Å². The SMILES string of the molecule is O=C(CCNC1CC1)Nc1ccc2c(c1)CC(=O)N2. The van der Waals surface area contributed by atoms with Gasteiger partial charge in [-0.25, -0.2) is 0 Å². The molecule has 5 heteroatoms. The first-order valence-electron chi connectivity index (χ1n) is 6.67. The maximum atomic E-state index is 11.7. The van der Waals surface area contributed by atoms with Crippen LogP contribution in [0.4, 0.5) is 11.4 Å². The van der Waals surface area contributed by atoms with E-state index in [9.17, 15) is 9.59 Å². The molecule has 1 aliphatic carbocycles. The third-order valence-corrected chi connectivity index (χ3v) is 3.38. The van der Waals surface area contributed by atoms with Gasteiger partial charge in [-0.1, -0.05) is 0 Å². The van der Waals surface area contributed by atoms with Gasteiger partial charge < -0.3 is 16.0 Å². The number of nitrogens with one attached hydrogen (secondary N) is 3. The lowest BCUT2D eigenvalue weighted by atomic mass is 10.1. The first kappa shape index (κ1) is 12.2. The Hall–Kier alpha value is -1.88. The van der Waals surface area contributed by atoms with E-state index in [4.69, 9.17) is 0 Å². The lowest BCUT2D eigenvalue weighted by molar-refractivity contribution is -0.116. The molecule has 3 N–H and O–H groups in total. The zero-order valence-electron chi connectivity index (χ0n) is 10.7. The maximum Gasteiger partial charge on any atom is 0.228 e.